The Bertz CT molecular complexity index is 1140. The van der Waals surface area contributed by atoms with Crippen molar-refractivity contribution in [3.8, 4) is 0 Å². The minimum Gasteiger partial charge on any atom is -0.298 e. The lowest BCUT2D eigenvalue weighted by Gasteiger charge is -2.41. The number of carbonyl (C=O) groups is 1. The van der Waals surface area contributed by atoms with Crippen LogP contribution in [0.4, 0.5) is 5.69 Å². The number of carbonyl (C=O) groups excluding carboxylic acids is 1. The van der Waals surface area contributed by atoms with Gasteiger partial charge in [0.2, 0.25) is 10.0 Å². The number of nitro groups is 1. The zero-order chi connectivity index (χ0) is 23.8. The Labute approximate surface area is 194 Å². The number of Topliss-reactive ketones (excluding diaryl/α,β-unsaturated/α-hetero) is 1. The average Bonchev–Trinajstić information content (AvgIpc) is 3.63. The summed E-state index contributed by atoms with van der Waals surface area (Å²) in [4.78, 5) is 24.9. The molecule has 9 heteroatoms. The molecule has 2 aromatic carbocycles. The Morgan fingerprint density at radius 2 is 1.79 bits per heavy atom. The molecule has 1 heterocycles. The van der Waals surface area contributed by atoms with Gasteiger partial charge in [0.25, 0.3) is 5.69 Å². The van der Waals surface area contributed by atoms with E-state index in [1.54, 1.807) is 13.8 Å². The first-order valence-corrected chi connectivity index (χ1v) is 12.7. The minimum atomic E-state index is -4.04. The van der Waals surface area contributed by atoms with Crippen molar-refractivity contribution in [1.29, 1.82) is 0 Å². The molecule has 1 aliphatic carbocycles. The van der Waals surface area contributed by atoms with Gasteiger partial charge in [0.15, 0.2) is 4.90 Å². The molecule has 0 N–H and O–H groups in total. The van der Waals surface area contributed by atoms with Gasteiger partial charge in [0.1, 0.15) is 5.78 Å². The summed E-state index contributed by atoms with van der Waals surface area (Å²) < 4.78 is 27.8. The Morgan fingerprint density at radius 1 is 1.12 bits per heavy atom. The largest absolute Gasteiger partial charge is 0.298 e. The van der Waals surface area contributed by atoms with Crippen molar-refractivity contribution < 1.29 is 18.1 Å². The van der Waals surface area contributed by atoms with Crippen molar-refractivity contribution in [2.24, 2.45) is 0 Å². The van der Waals surface area contributed by atoms with Crippen LogP contribution in [0.3, 0.4) is 0 Å². The zero-order valence-electron chi connectivity index (χ0n) is 18.9. The van der Waals surface area contributed by atoms with Crippen LogP contribution in [0, 0.1) is 10.1 Å². The normalized spacial score (nSPS) is 21.0. The molecule has 2 aromatic rings. The van der Waals surface area contributed by atoms with Crippen molar-refractivity contribution in [1.82, 2.24) is 9.21 Å². The van der Waals surface area contributed by atoms with Gasteiger partial charge in [-0.05, 0) is 56.2 Å². The lowest BCUT2D eigenvalue weighted by molar-refractivity contribution is -0.387. The molecule has 8 nitrogen and oxygen atoms in total. The third-order valence-electron chi connectivity index (χ3n) is 6.61. The number of hydrogen-bond donors (Lipinski definition) is 0. The van der Waals surface area contributed by atoms with Crippen LogP contribution in [0.25, 0.3) is 0 Å². The van der Waals surface area contributed by atoms with Gasteiger partial charge >= 0.3 is 0 Å². The van der Waals surface area contributed by atoms with E-state index in [0.29, 0.717) is 25.4 Å². The van der Waals surface area contributed by atoms with E-state index in [-0.39, 0.29) is 23.3 Å². The molecule has 1 aliphatic heterocycles. The highest BCUT2D eigenvalue weighted by molar-refractivity contribution is 7.89. The van der Waals surface area contributed by atoms with Crippen molar-refractivity contribution in [3.63, 3.8) is 0 Å². The number of piperazine rings is 1. The van der Waals surface area contributed by atoms with Crippen molar-refractivity contribution in [2.75, 3.05) is 19.6 Å². The maximum absolute atomic E-state index is 13.3. The third-order valence-corrected chi connectivity index (χ3v) is 8.68. The van der Waals surface area contributed by atoms with Gasteiger partial charge in [-0.15, -0.1) is 0 Å². The number of rotatable bonds is 8. The van der Waals surface area contributed by atoms with Gasteiger partial charge in [0.05, 0.1) is 11.0 Å². The molecule has 0 unspecified atom stereocenters. The number of ketones is 1. The number of nitrogens with zero attached hydrogens (tertiary/aromatic N) is 3. The van der Waals surface area contributed by atoms with Crippen molar-refractivity contribution in [3.05, 3.63) is 69.8 Å². The fourth-order valence-electron chi connectivity index (χ4n) is 4.66. The lowest BCUT2D eigenvalue weighted by Crippen LogP contribution is -2.58. The molecular weight excluding hydrogens is 442 g/mol. The second kappa shape index (κ2) is 9.32. The Morgan fingerprint density at radius 3 is 2.36 bits per heavy atom. The minimum absolute atomic E-state index is 0.0449. The highest BCUT2D eigenvalue weighted by Crippen LogP contribution is 2.40. The first-order valence-electron chi connectivity index (χ1n) is 11.3. The van der Waals surface area contributed by atoms with Crippen LogP contribution in [-0.2, 0) is 21.2 Å². The summed E-state index contributed by atoms with van der Waals surface area (Å²) in [5.74, 6) is 0.724. The van der Waals surface area contributed by atoms with E-state index in [2.05, 4.69) is 24.3 Å². The molecular formula is C24H29N3O5S. The Hall–Kier alpha value is -2.62. The van der Waals surface area contributed by atoms with E-state index in [1.807, 2.05) is 4.90 Å². The average molecular weight is 472 g/mol. The molecule has 4 rings (SSSR count). The fourth-order valence-corrected chi connectivity index (χ4v) is 6.43. The van der Waals surface area contributed by atoms with Crippen molar-refractivity contribution in [2.45, 2.75) is 56.0 Å². The van der Waals surface area contributed by atoms with Crippen LogP contribution in [0.1, 0.15) is 43.7 Å². The van der Waals surface area contributed by atoms with Crippen molar-refractivity contribution >= 4 is 21.5 Å². The first-order chi connectivity index (χ1) is 15.7. The van der Waals surface area contributed by atoms with E-state index in [9.17, 15) is 23.3 Å². The predicted octanol–water partition coefficient (Wildman–Crippen LogP) is 3.37. The van der Waals surface area contributed by atoms with E-state index in [4.69, 9.17) is 0 Å². The molecule has 2 aliphatic rings. The van der Waals surface area contributed by atoms with Crippen LogP contribution in [-0.4, -0.2) is 60.0 Å². The topological polar surface area (TPSA) is 101 Å². The zero-order valence-corrected chi connectivity index (χ0v) is 19.7. The highest BCUT2D eigenvalue weighted by Gasteiger charge is 2.39. The summed E-state index contributed by atoms with van der Waals surface area (Å²) in [7, 11) is -4.04. The first kappa shape index (κ1) is 23.5. The standard InChI is InChI=1S/C24H29N3O5S/c1-17-16-25(23(18(2)28)15-19-7-9-20(10-8-19)21-11-12-21)13-14-26(17)33(31,32)24-6-4-3-5-22(24)27(29)30/h3-10,17,21,23H,11-16H2,1-2H3/t17-,23-/m0/s1. The lowest BCUT2D eigenvalue weighted by atomic mass is 9.98. The quantitative estimate of drug-likeness (QED) is 0.432. The van der Waals surface area contributed by atoms with Crippen LogP contribution in [0.5, 0.6) is 0 Å². The van der Waals surface area contributed by atoms with Crippen LogP contribution >= 0.6 is 0 Å². The Balaban J connectivity index is 1.49. The number of sulfonamides is 1. The molecule has 1 saturated carbocycles. The summed E-state index contributed by atoms with van der Waals surface area (Å²) in [6.45, 7) is 4.28. The van der Waals surface area contributed by atoms with Crippen LogP contribution in [0.15, 0.2) is 53.4 Å². The molecule has 0 spiro atoms. The summed E-state index contributed by atoms with van der Waals surface area (Å²) >= 11 is 0. The molecule has 0 radical (unpaired) electrons. The second-order valence-electron chi connectivity index (χ2n) is 9.03. The maximum Gasteiger partial charge on any atom is 0.289 e. The maximum atomic E-state index is 13.3. The molecule has 33 heavy (non-hydrogen) atoms. The predicted molar refractivity (Wildman–Crippen MR) is 125 cm³/mol. The second-order valence-corrected chi connectivity index (χ2v) is 10.9. The summed E-state index contributed by atoms with van der Waals surface area (Å²) in [6, 6.07) is 13.1. The fraction of sp³-hybridized carbons (Fsp3) is 0.458. The highest BCUT2D eigenvalue weighted by atomic mass is 32.2. The van der Waals surface area contributed by atoms with Gasteiger partial charge in [-0.2, -0.15) is 4.31 Å². The summed E-state index contributed by atoms with van der Waals surface area (Å²) in [6.07, 6.45) is 3.06. The van der Waals surface area contributed by atoms with Gasteiger partial charge in [0, 0.05) is 31.7 Å². The SMILES string of the molecule is CC(=O)[C@H](Cc1ccc(C2CC2)cc1)N1CCN(S(=O)(=O)c2ccccc2[N+](=O)[O-])[C@@H](C)C1. The molecule has 0 aromatic heterocycles. The van der Waals surface area contributed by atoms with Gasteiger partial charge in [-0.3, -0.25) is 19.8 Å². The smallest absolute Gasteiger partial charge is 0.289 e. The Kier molecular flexibility index (Phi) is 6.65. The van der Waals surface area contributed by atoms with Crippen LogP contribution < -0.4 is 0 Å². The van der Waals surface area contributed by atoms with E-state index in [0.717, 1.165) is 5.56 Å². The van der Waals surface area contributed by atoms with Gasteiger partial charge in [-0.25, -0.2) is 8.42 Å². The number of nitro benzene ring substituents is 1. The number of para-hydroxylation sites is 1. The molecule has 2 fully saturated rings. The number of hydrogen-bond acceptors (Lipinski definition) is 6. The molecule has 2 atom stereocenters. The number of benzene rings is 2. The van der Waals surface area contributed by atoms with E-state index < -0.39 is 26.7 Å². The monoisotopic (exact) mass is 471 g/mol. The summed E-state index contributed by atoms with van der Waals surface area (Å²) in [5, 5.41) is 11.4. The van der Waals surface area contributed by atoms with E-state index >= 15 is 0 Å². The van der Waals surface area contributed by atoms with E-state index in [1.165, 1.54) is 47.0 Å². The van der Waals surface area contributed by atoms with Gasteiger partial charge < -0.3 is 0 Å². The molecule has 0 bridgehead atoms. The van der Waals surface area contributed by atoms with Crippen LogP contribution in [0.2, 0.25) is 0 Å². The summed E-state index contributed by atoms with van der Waals surface area (Å²) in [5.41, 5.74) is 2.01. The third kappa shape index (κ3) is 5.00. The molecule has 0 amide bonds. The molecule has 176 valence electrons. The molecule has 1 saturated heterocycles. The van der Waals surface area contributed by atoms with Gasteiger partial charge in [-0.1, -0.05) is 36.4 Å².